The largest absolute Gasteiger partial charge is 0.409 e. The van der Waals surface area contributed by atoms with Gasteiger partial charge in [-0.15, -0.1) is 0 Å². The molecule has 7 nitrogen and oxygen atoms in total. The number of nitrogens with zero attached hydrogens (tertiary/aromatic N) is 1. The summed E-state index contributed by atoms with van der Waals surface area (Å²) < 4.78 is 27.9. The van der Waals surface area contributed by atoms with Gasteiger partial charge in [-0.05, 0) is 32.6 Å². The van der Waals surface area contributed by atoms with Crippen LogP contribution in [0.25, 0.3) is 0 Å². The molecule has 0 aromatic heterocycles. The Morgan fingerprint density at radius 2 is 2.00 bits per heavy atom. The normalized spacial score (nSPS) is 20.1. The van der Waals surface area contributed by atoms with E-state index < -0.39 is 16.3 Å². The summed E-state index contributed by atoms with van der Waals surface area (Å²) in [5.41, 5.74) is 5.44. The minimum Gasteiger partial charge on any atom is -0.409 e. The number of hydrogen-bond donors (Lipinski definition) is 4. The molecule has 16 heavy (non-hydrogen) atoms. The lowest BCUT2D eigenvalue weighted by Crippen LogP contribution is -2.51. The van der Waals surface area contributed by atoms with E-state index in [0.717, 1.165) is 12.8 Å². The zero-order chi connectivity index (χ0) is 12.3. The predicted molar refractivity (Wildman–Crippen MR) is 60.2 cm³/mol. The van der Waals surface area contributed by atoms with Crippen molar-refractivity contribution in [2.24, 2.45) is 16.8 Å². The number of amidine groups is 1. The standard InChI is InChI=1S/C8H18N4O3S/c1-5(2)11-16(14,15)12-7(6-3-4-6)8(9)10-13/h5-7,11-13H,3-4H2,1-2H3,(H2,9,10). The van der Waals surface area contributed by atoms with Crippen molar-refractivity contribution in [2.45, 2.75) is 38.8 Å². The Kier molecular flexibility index (Phi) is 4.11. The summed E-state index contributed by atoms with van der Waals surface area (Å²) in [5.74, 6) is 0.0243. The van der Waals surface area contributed by atoms with Crippen LogP contribution in [0.5, 0.6) is 0 Å². The fourth-order valence-corrected chi connectivity index (χ4v) is 2.74. The highest BCUT2D eigenvalue weighted by molar-refractivity contribution is 7.87. The average Bonchev–Trinajstić information content (AvgIpc) is 2.94. The highest BCUT2D eigenvalue weighted by Gasteiger charge is 2.36. The predicted octanol–water partition coefficient (Wildman–Crippen LogP) is -0.656. The van der Waals surface area contributed by atoms with Gasteiger partial charge in [0.15, 0.2) is 5.84 Å². The van der Waals surface area contributed by atoms with E-state index in [9.17, 15) is 8.42 Å². The van der Waals surface area contributed by atoms with Crippen LogP contribution in [0, 0.1) is 5.92 Å². The van der Waals surface area contributed by atoms with Crippen LogP contribution in [0.2, 0.25) is 0 Å². The second kappa shape index (κ2) is 4.98. The van der Waals surface area contributed by atoms with E-state index in [0.29, 0.717) is 0 Å². The smallest absolute Gasteiger partial charge is 0.277 e. The molecule has 94 valence electrons. The molecule has 0 bridgehead atoms. The van der Waals surface area contributed by atoms with Gasteiger partial charge in [0.05, 0.1) is 6.04 Å². The van der Waals surface area contributed by atoms with Crippen molar-refractivity contribution in [1.29, 1.82) is 0 Å². The van der Waals surface area contributed by atoms with Crippen LogP contribution >= 0.6 is 0 Å². The van der Waals surface area contributed by atoms with Gasteiger partial charge in [-0.3, -0.25) is 0 Å². The molecule has 1 aliphatic carbocycles. The third-order valence-corrected chi connectivity index (χ3v) is 3.55. The van der Waals surface area contributed by atoms with Crippen molar-refractivity contribution in [3.8, 4) is 0 Å². The van der Waals surface area contributed by atoms with E-state index in [1.54, 1.807) is 13.8 Å². The van der Waals surface area contributed by atoms with Gasteiger partial charge in [-0.1, -0.05) is 5.16 Å². The fraction of sp³-hybridized carbons (Fsp3) is 0.875. The van der Waals surface area contributed by atoms with Crippen LogP contribution < -0.4 is 15.2 Å². The minimum absolute atomic E-state index is 0.100. The van der Waals surface area contributed by atoms with Gasteiger partial charge in [0.25, 0.3) is 10.2 Å². The maximum Gasteiger partial charge on any atom is 0.277 e. The summed E-state index contributed by atoms with van der Waals surface area (Å²) in [6.07, 6.45) is 1.76. The van der Waals surface area contributed by atoms with E-state index in [4.69, 9.17) is 10.9 Å². The summed E-state index contributed by atoms with van der Waals surface area (Å²) in [7, 11) is -3.61. The maximum absolute atomic E-state index is 11.6. The lowest BCUT2D eigenvalue weighted by atomic mass is 10.2. The van der Waals surface area contributed by atoms with Crippen molar-refractivity contribution in [2.75, 3.05) is 0 Å². The molecule has 0 amide bonds. The van der Waals surface area contributed by atoms with Gasteiger partial charge < -0.3 is 10.9 Å². The number of hydrogen-bond acceptors (Lipinski definition) is 4. The first-order valence-electron chi connectivity index (χ1n) is 5.12. The van der Waals surface area contributed by atoms with Gasteiger partial charge in [-0.25, -0.2) is 0 Å². The van der Waals surface area contributed by atoms with Crippen LogP contribution in [0.4, 0.5) is 0 Å². The molecule has 1 saturated carbocycles. The fourth-order valence-electron chi connectivity index (χ4n) is 1.40. The van der Waals surface area contributed by atoms with Gasteiger partial charge in [0.2, 0.25) is 0 Å². The monoisotopic (exact) mass is 250 g/mol. The number of nitrogens with two attached hydrogens (primary N) is 1. The molecule has 1 fully saturated rings. The molecule has 1 atom stereocenters. The summed E-state index contributed by atoms with van der Waals surface area (Å²) in [6.45, 7) is 3.43. The molecular weight excluding hydrogens is 232 g/mol. The van der Waals surface area contributed by atoms with Gasteiger partial charge in [0, 0.05) is 6.04 Å². The molecule has 0 aromatic rings. The van der Waals surface area contributed by atoms with Crippen molar-refractivity contribution in [1.82, 2.24) is 9.44 Å². The quantitative estimate of drug-likeness (QED) is 0.217. The topological polar surface area (TPSA) is 117 Å². The van der Waals surface area contributed by atoms with E-state index in [-0.39, 0.29) is 17.8 Å². The maximum atomic E-state index is 11.6. The molecule has 1 unspecified atom stereocenters. The molecule has 0 saturated heterocycles. The molecule has 0 spiro atoms. The second-order valence-electron chi connectivity index (χ2n) is 4.23. The minimum atomic E-state index is -3.61. The molecule has 1 rings (SSSR count). The summed E-state index contributed by atoms with van der Waals surface area (Å²) in [5, 5.41) is 11.4. The lowest BCUT2D eigenvalue weighted by Gasteiger charge is -2.18. The third kappa shape index (κ3) is 3.95. The van der Waals surface area contributed by atoms with Crippen LogP contribution in [-0.4, -0.2) is 31.5 Å². The zero-order valence-electron chi connectivity index (χ0n) is 9.34. The Bertz CT molecular complexity index is 361. The zero-order valence-corrected chi connectivity index (χ0v) is 10.2. The van der Waals surface area contributed by atoms with Crippen molar-refractivity contribution in [3.05, 3.63) is 0 Å². The van der Waals surface area contributed by atoms with Crippen LogP contribution in [0.1, 0.15) is 26.7 Å². The molecule has 0 aromatic carbocycles. The van der Waals surface area contributed by atoms with Crippen molar-refractivity contribution < 1.29 is 13.6 Å². The second-order valence-corrected chi connectivity index (χ2v) is 5.71. The highest BCUT2D eigenvalue weighted by Crippen LogP contribution is 2.32. The molecular formula is C8H18N4O3S. The SMILES string of the molecule is CC(C)NS(=O)(=O)NC(C(N)=NO)C1CC1. The van der Waals surface area contributed by atoms with Crippen molar-refractivity contribution >= 4 is 16.0 Å². The first-order chi connectivity index (χ1) is 7.35. The summed E-state index contributed by atoms with van der Waals surface area (Å²) in [4.78, 5) is 0. The molecule has 0 aliphatic heterocycles. The van der Waals surface area contributed by atoms with Gasteiger partial charge >= 0.3 is 0 Å². The molecule has 8 heteroatoms. The highest BCUT2D eigenvalue weighted by atomic mass is 32.2. The van der Waals surface area contributed by atoms with E-state index in [2.05, 4.69) is 14.6 Å². The third-order valence-electron chi connectivity index (χ3n) is 2.20. The number of rotatable bonds is 6. The summed E-state index contributed by atoms with van der Waals surface area (Å²) >= 11 is 0. The Hall–Kier alpha value is -0.860. The Balaban J connectivity index is 2.68. The Morgan fingerprint density at radius 1 is 1.44 bits per heavy atom. The van der Waals surface area contributed by atoms with Gasteiger partial charge in [-0.2, -0.15) is 17.9 Å². The number of nitrogens with one attached hydrogen (secondary N) is 2. The average molecular weight is 250 g/mol. The summed E-state index contributed by atoms with van der Waals surface area (Å²) in [6, 6.07) is -0.828. The first kappa shape index (κ1) is 13.2. The van der Waals surface area contributed by atoms with Gasteiger partial charge in [0.1, 0.15) is 0 Å². The Labute approximate surface area is 95.3 Å². The van der Waals surface area contributed by atoms with Crippen LogP contribution in [0.15, 0.2) is 5.16 Å². The van der Waals surface area contributed by atoms with Crippen molar-refractivity contribution in [3.63, 3.8) is 0 Å². The number of oxime groups is 1. The van der Waals surface area contributed by atoms with E-state index >= 15 is 0 Å². The molecule has 0 radical (unpaired) electrons. The van der Waals surface area contributed by atoms with E-state index in [1.165, 1.54) is 0 Å². The molecule has 0 heterocycles. The van der Waals surface area contributed by atoms with E-state index in [1.807, 2.05) is 0 Å². The Morgan fingerprint density at radius 3 is 2.38 bits per heavy atom. The molecule has 5 N–H and O–H groups in total. The molecule has 1 aliphatic rings. The van der Waals surface area contributed by atoms with Crippen LogP contribution in [0.3, 0.4) is 0 Å². The first-order valence-corrected chi connectivity index (χ1v) is 6.61. The lowest BCUT2D eigenvalue weighted by molar-refractivity contribution is 0.314. The van der Waals surface area contributed by atoms with Crippen LogP contribution in [-0.2, 0) is 10.2 Å².